The molecule has 1 amide bonds. The summed E-state index contributed by atoms with van der Waals surface area (Å²) in [4.78, 5) is 26.3. The van der Waals surface area contributed by atoms with Crippen LogP contribution in [0.25, 0.3) is 10.8 Å². The van der Waals surface area contributed by atoms with Gasteiger partial charge in [0, 0.05) is 16.9 Å². The van der Waals surface area contributed by atoms with E-state index in [4.69, 9.17) is 0 Å². The summed E-state index contributed by atoms with van der Waals surface area (Å²) in [7, 11) is 0. The lowest BCUT2D eigenvalue weighted by Gasteiger charge is -2.18. The lowest BCUT2D eigenvalue weighted by Crippen LogP contribution is -2.38. The fourth-order valence-corrected chi connectivity index (χ4v) is 4.34. The molecule has 1 unspecified atom stereocenters. The fourth-order valence-electron chi connectivity index (χ4n) is 3.31. The highest BCUT2D eigenvalue weighted by molar-refractivity contribution is 7.99. The van der Waals surface area contributed by atoms with Crippen LogP contribution in [0.5, 0.6) is 0 Å². The van der Waals surface area contributed by atoms with Gasteiger partial charge in [-0.05, 0) is 22.4 Å². The molecular weight excluding hydrogens is 426 g/mol. The van der Waals surface area contributed by atoms with Gasteiger partial charge < -0.3 is 5.32 Å². The van der Waals surface area contributed by atoms with Gasteiger partial charge in [-0.25, -0.2) is 0 Å². The predicted octanol–water partition coefficient (Wildman–Crippen LogP) is 6.13. The molecule has 1 N–H and O–H groups in total. The average Bonchev–Trinajstić information content (AvgIpc) is 2.82. The number of ketones is 1. The molecule has 0 fully saturated rings. The number of nitrogens with one attached hydrogen (secondary N) is 1. The monoisotopic (exact) mass is 447 g/mol. The molecule has 0 saturated heterocycles. The van der Waals surface area contributed by atoms with Crippen molar-refractivity contribution in [3.05, 3.63) is 120 Å². The Morgan fingerprint density at radius 1 is 0.742 bits per heavy atom. The molecule has 31 heavy (non-hydrogen) atoms. The highest BCUT2D eigenvalue weighted by Crippen LogP contribution is 2.22. The molecule has 0 aliphatic carbocycles. The number of benzene rings is 4. The van der Waals surface area contributed by atoms with Crippen molar-refractivity contribution < 1.29 is 9.59 Å². The van der Waals surface area contributed by atoms with E-state index in [0.29, 0.717) is 16.9 Å². The first-order chi connectivity index (χ1) is 14.7. The van der Waals surface area contributed by atoms with Crippen molar-refractivity contribution in [1.29, 1.82) is 0 Å². The minimum absolute atomic E-state index is 0. The standard InChI is InChI=1S/C26H21NO2S.ClH/c28-24(21-13-5-2-6-14-21)26(30-18-19-10-3-1-4-11-19)27-25(29)23-17-9-15-20-12-7-8-16-22(20)23;/h1-17,26H,18H2,(H,27,29);1H. The van der Waals surface area contributed by atoms with Crippen molar-refractivity contribution in [2.24, 2.45) is 0 Å². The Morgan fingerprint density at radius 3 is 2.10 bits per heavy atom. The van der Waals surface area contributed by atoms with E-state index in [-0.39, 0.29) is 24.1 Å². The molecule has 0 aliphatic heterocycles. The van der Waals surface area contributed by atoms with Crippen LogP contribution in [0.3, 0.4) is 0 Å². The molecule has 1 atom stereocenters. The third kappa shape index (κ3) is 5.54. The number of halogens is 1. The van der Waals surface area contributed by atoms with Crippen LogP contribution in [0, 0.1) is 0 Å². The summed E-state index contributed by atoms with van der Waals surface area (Å²) in [5, 5.41) is 4.15. The van der Waals surface area contributed by atoms with Gasteiger partial charge in [0.1, 0.15) is 5.37 Å². The quantitative estimate of drug-likeness (QED) is 0.273. The molecular formula is C26H22ClNO2S. The zero-order valence-electron chi connectivity index (χ0n) is 16.7. The second kappa shape index (κ2) is 10.8. The van der Waals surface area contributed by atoms with E-state index >= 15 is 0 Å². The molecule has 0 aromatic heterocycles. The maximum atomic E-state index is 13.2. The summed E-state index contributed by atoms with van der Waals surface area (Å²) < 4.78 is 0. The highest BCUT2D eigenvalue weighted by Gasteiger charge is 2.24. The second-order valence-electron chi connectivity index (χ2n) is 6.91. The van der Waals surface area contributed by atoms with Gasteiger partial charge in [0.15, 0.2) is 5.78 Å². The Morgan fingerprint density at radius 2 is 1.35 bits per heavy atom. The first kappa shape index (κ1) is 22.6. The first-order valence-electron chi connectivity index (χ1n) is 9.76. The molecule has 0 aliphatic rings. The zero-order valence-corrected chi connectivity index (χ0v) is 18.4. The first-order valence-corrected chi connectivity index (χ1v) is 10.8. The summed E-state index contributed by atoms with van der Waals surface area (Å²) in [5.74, 6) is 0.270. The highest BCUT2D eigenvalue weighted by atomic mass is 35.5. The van der Waals surface area contributed by atoms with Crippen LogP contribution in [0.4, 0.5) is 0 Å². The molecule has 4 rings (SSSR count). The van der Waals surface area contributed by atoms with Crippen LogP contribution in [0.2, 0.25) is 0 Å². The number of amides is 1. The Hall–Kier alpha value is -3.08. The molecule has 5 heteroatoms. The van der Waals surface area contributed by atoms with Crippen molar-refractivity contribution in [3.8, 4) is 0 Å². The molecule has 0 heterocycles. The van der Waals surface area contributed by atoms with E-state index < -0.39 is 5.37 Å². The second-order valence-corrected chi connectivity index (χ2v) is 8.00. The van der Waals surface area contributed by atoms with Crippen molar-refractivity contribution in [3.63, 3.8) is 0 Å². The van der Waals surface area contributed by atoms with Crippen LogP contribution in [0.1, 0.15) is 26.3 Å². The van der Waals surface area contributed by atoms with Crippen LogP contribution in [-0.4, -0.2) is 17.1 Å². The largest absolute Gasteiger partial charge is 0.333 e. The molecule has 0 radical (unpaired) electrons. The summed E-state index contributed by atoms with van der Waals surface area (Å²) in [5.41, 5.74) is 2.26. The summed E-state index contributed by atoms with van der Waals surface area (Å²) in [6.45, 7) is 0. The summed E-state index contributed by atoms with van der Waals surface area (Å²) in [6, 6.07) is 32.4. The van der Waals surface area contributed by atoms with E-state index in [1.54, 1.807) is 18.2 Å². The number of rotatable bonds is 7. The fraction of sp³-hybridized carbons (Fsp3) is 0.0769. The van der Waals surface area contributed by atoms with Gasteiger partial charge in [0.05, 0.1) is 0 Å². The SMILES string of the molecule is Cl.O=C(NC(SCc1ccccc1)C(=O)c1ccccc1)c1cccc2ccccc12. The van der Waals surface area contributed by atoms with Gasteiger partial charge in [0.2, 0.25) is 0 Å². The van der Waals surface area contributed by atoms with Crippen molar-refractivity contribution in [2.45, 2.75) is 11.1 Å². The number of thioether (sulfide) groups is 1. The maximum Gasteiger partial charge on any atom is 0.253 e. The van der Waals surface area contributed by atoms with E-state index in [9.17, 15) is 9.59 Å². The van der Waals surface area contributed by atoms with Crippen LogP contribution >= 0.6 is 24.2 Å². The van der Waals surface area contributed by atoms with Gasteiger partial charge in [-0.3, -0.25) is 9.59 Å². The molecule has 0 saturated carbocycles. The normalized spacial score (nSPS) is 11.4. The lowest BCUT2D eigenvalue weighted by atomic mass is 10.0. The number of carbonyl (C=O) groups excluding carboxylic acids is 2. The summed E-state index contributed by atoms with van der Waals surface area (Å²) >= 11 is 1.42. The minimum Gasteiger partial charge on any atom is -0.333 e. The Labute approximate surface area is 192 Å². The topological polar surface area (TPSA) is 46.2 Å². The Balaban J connectivity index is 0.00000272. The molecule has 3 nitrogen and oxygen atoms in total. The van der Waals surface area contributed by atoms with E-state index in [1.807, 2.05) is 84.9 Å². The van der Waals surface area contributed by atoms with Crippen LogP contribution in [0.15, 0.2) is 103 Å². The van der Waals surface area contributed by atoms with Gasteiger partial charge in [-0.15, -0.1) is 24.2 Å². The smallest absolute Gasteiger partial charge is 0.253 e. The average molecular weight is 448 g/mol. The maximum absolute atomic E-state index is 13.2. The molecule has 0 bridgehead atoms. The Kier molecular flexibility index (Phi) is 7.88. The van der Waals surface area contributed by atoms with Gasteiger partial charge in [-0.1, -0.05) is 97.1 Å². The molecule has 0 spiro atoms. The number of hydrogen-bond acceptors (Lipinski definition) is 3. The van der Waals surface area contributed by atoms with Gasteiger partial charge in [-0.2, -0.15) is 0 Å². The summed E-state index contributed by atoms with van der Waals surface area (Å²) in [6.07, 6.45) is 0. The zero-order chi connectivity index (χ0) is 20.8. The molecule has 4 aromatic rings. The van der Waals surface area contributed by atoms with E-state index in [1.165, 1.54) is 11.8 Å². The third-order valence-electron chi connectivity index (χ3n) is 4.85. The van der Waals surface area contributed by atoms with Crippen molar-refractivity contribution in [2.75, 3.05) is 0 Å². The molecule has 156 valence electrons. The van der Waals surface area contributed by atoms with Crippen molar-refractivity contribution >= 4 is 46.6 Å². The predicted molar refractivity (Wildman–Crippen MR) is 131 cm³/mol. The van der Waals surface area contributed by atoms with Gasteiger partial charge >= 0.3 is 0 Å². The molecule has 4 aromatic carbocycles. The number of Topliss-reactive ketones (excluding diaryl/α,β-unsaturated/α-hetero) is 1. The number of hydrogen-bond donors (Lipinski definition) is 1. The van der Waals surface area contributed by atoms with E-state index in [0.717, 1.165) is 16.3 Å². The number of fused-ring (bicyclic) bond motifs is 1. The van der Waals surface area contributed by atoms with Crippen molar-refractivity contribution in [1.82, 2.24) is 5.32 Å². The van der Waals surface area contributed by atoms with Crippen LogP contribution in [-0.2, 0) is 5.75 Å². The minimum atomic E-state index is -0.681. The van der Waals surface area contributed by atoms with E-state index in [2.05, 4.69) is 5.32 Å². The van der Waals surface area contributed by atoms with Gasteiger partial charge in [0.25, 0.3) is 5.91 Å². The number of carbonyl (C=O) groups is 2. The lowest BCUT2D eigenvalue weighted by molar-refractivity contribution is 0.0893. The third-order valence-corrected chi connectivity index (χ3v) is 6.02. The Bertz CT molecular complexity index is 1160. The van der Waals surface area contributed by atoms with Crippen LogP contribution < -0.4 is 5.32 Å².